The average molecular weight is 503 g/mol. The fourth-order valence-electron chi connectivity index (χ4n) is 3.83. The molecule has 0 spiro atoms. The standard InChI is InChI=1S/C26H35BrN2O3/c1-17(2)21-8-7-9-22(18(3)4)23(21)29-24(30)28-14-26(19-10-12-20(27)13-11-19)31-15-25(5,6)16-32-26/h7-13,17-18H,14-16H2,1-6H3,(H2,28,29,30). The Kier molecular flexibility index (Phi) is 7.69. The van der Waals surface area contributed by atoms with Crippen molar-refractivity contribution in [1.29, 1.82) is 0 Å². The Hall–Kier alpha value is -1.89. The third kappa shape index (κ3) is 5.72. The maximum Gasteiger partial charge on any atom is 0.319 e. The van der Waals surface area contributed by atoms with Crippen LogP contribution in [-0.4, -0.2) is 25.8 Å². The van der Waals surface area contributed by atoms with Crippen LogP contribution in [0.2, 0.25) is 0 Å². The molecule has 2 aromatic carbocycles. The fraction of sp³-hybridized carbons (Fsp3) is 0.500. The number of hydrogen-bond donors (Lipinski definition) is 2. The third-order valence-electron chi connectivity index (χ3n) is 5.77. The molecule has 0 radical (unpaired) electrons. The molecule has 0 atom stereocenters. The molecule has 1 aliphatic rings. The summed E-state index contributed by atoms with van der Waals surface area (Å²) in [5, 5.41) is 6.11. The molecular weight excluding hydrogens is 468 g/mol. The molecule has 3 rings (SSSR count). The maximum absolute atomic E-state index is 13.0. The molecule has 2 N–H and O–H groups in total. The van der Waals surface area contributed by atoms with Gasteiger partial charge in [-0.25, -0.2) is 4.79 Å². The first-order valence-electron chi connectivity index (χ1n) is 11.2. The van der Waals surface area contributed by atoms with Crippen molar-refractivity contribution in [3.8, 4) is 0 Å². The predicted molar refractivity (Wildman–Crippen MR) is 133 cm³/mol. The third-order valence-corrected chi connectivity index (χ3v) is 6.30. The second kappa shape index (κ2) is 9.94. The van der Waals surface area contributed by atoms with Gasteiger partial charge in [-0.05, 0) is 35.1 Å². The number of para-hydroxylation sites is 1. The van der Waals surface area contributed by atoms with Crippen molar-refractivity contribution >= 4 is 27.6 Å². The van der Waals surface area contributed by atoms with Gasteiger partial charge in [0.1, 0.15) is 0 Å². The van der Waals surface area contributed by atoms with Gasteiger partial charge in [-0.15, -0.1) is 0 Å². The number of nitrogens with one attached hydrogen (secondary N) is 2. The zero-order valence-electron chi connectivity index (χ0n) is 19.9. The second-order valence-electron chi connectivity index (χ2n) is 9.93. The van der Waals surface area contributed by atoms with Crippen LogP contribution in [0, 0.1) is 5.41 Å². The molecule has 0 saturated carbocycles. The first-order valence-corrected chi connectivity index (χ1v) is 12.0. The number of urea groups is 1. The van der Waals surface area contributed by atoms with Crippen LogP contribution in [0.15, 0.2) is 46.9 Å². The van der Waals surface area contributed by atoms with Crippen LogP contribution in [0.3, 0.4) is 0 Å². The van der Waals surface area contributed by atoms with Crippen LogP contribution in [0.1, 0.15) is 70.1 Å². The van der Waals surface area contributed by atoms with Crippen molar-refractivity contribution in [3.05, 3.63) is 63.6 Å². The highest BCUT2D eigenvalue weighted by molar-refractivity contribution is 9.10. The van der Waals surface area contributed by atoms with E-state index in [4.69, 9.17) is 9.47 Å². The molecule has 2 amide bonds. The van der Waals surface area contributed by atoms with Crippen LogP contribution < -0.4 is 10.6 Å². The van der Waals surface area contributed by atoms with Gasteiger partial charge in [-0.1, -0.05) is 87.8 Å². The number of amides is 2. The van der Waals surface area contributed by atoms with Crippen molar-refractivity contribution in [1.82, 2.24) is 5.32 Å². The summed E-state index contributed by atoms with van der Waals surface area (Å²) >= 11 is 3.48. The number of carbonyl (C=O) groups excluding carboxylic acids is 1. The van der Waals surface area contributed by atoms with Gasteiger partial charge in [0.25, 0.3) is 0 Å². The van der Waals surface area contributed by atoms with E-state index in [2.05, 4.69) is 86.3 Å². The monoisotopic (exact) mass is 502 g/mol. The van der Waals surface area contributed by atoms with E-state index in [0.717, 1.165) is 26.9 Å². The van der Waals surface area contributed by atoms with Crippen molar-refractivity contribution in [2.24, 2.45) is 5.41 Å². The Bertz CT molecular complexity index is 902. The predicted octanol–water partition coefficient (Wildman–Crippen LogP) is 6.74. The van der Waals surface area contributed by atoms with Crippen LogP contribution in [-0.2, 0) is 15.3 Å². The van der Waals surface area contributed by atoms with Gasteiger partial charge in [-0.2, -0.15) is 0 Å². The zero-order valence-corrected chi connectivity index (χ0v) is 21.5. The number of benzene rings is 2. The van der Waals surface area contributed by atoms with Crippen LogP contribution >= 0.6 is 15.9 Å². The minimum absolute atomic E-state index is 0.0799. The quantitative estimate of drug-likeness (QED) is 0.459. The minimum atomic E-state index is -1.02. The number of rotatable bonds is 6. The Morgan fingerprint density at radius 2 is 1.50 bits per heavy atom. The van der Waals surface area contributed by atoms with Gasteiger partial charge >= 0.3 is 6.03 Å². The summed E-state index contributed by atoms with van der Waals surface area (Å²) in [6, 6.07) is 13.8. The number of anilines is 1. The van der Waals surface area contributed by atoms with Crippen molar-refractivity contribution < 1.29 is 14.3 Å². The molecule has 0 unspecified atom stereocenters. The lowest BCUT2D eigenvalue weighted by Crippen LogP contribution is -2.52. The molecule has 0 aromatic heterocycles. The largest absolute Gasteiger partial charge is 0.344 e. The zero-order chi connectivity index (χ0) is 23.5. The molecule has 0 bridgehead atoms. The molecular formula is C26H35BrN2O3. The molecule has 1 saturated heterocycles. The summed E-state index contributed by atoms with van der Waals surface area (Å²) in [5.41, 5.74) is 3.94. The van der Waals surface area contributed by atoms with Crippen molar-refractivity contribution in [3.63, 3.8) is 0 Å². The Labute approximate surface area is 200 Å². The normalized spacial score (nSPS) is 17.4. The average Bonchev–Trinajstić information content (AvgIpc) is 2.74. The first-order chi connectivity index (χ1) is 15.0. The van der Waals surface area contributed by atoms with E-state index in [9.17, 15) is 4.79 Å². The summed E-state index contributed by atoms with van der Waals surface area (Å²) in [6.45, 7) is 14.0. The molecule has 2 aromatic rings. The van der Waals surface area contributed by atoms with Gasteiger partial charge in [-0.3, -0.25) is 0 Å². The van der Waals surface area contributed by atoms with Gasteiger partial charge in [0.15, 0.2) is 0 Å². The van der Waals surface area contributed by atoms with E-state index < -0.39 is 5.79 Å². The molecule has 1 heterocycles. The highest BCUT2D eigenvalue weighted by Crippen LogP contribution is 2.37. The number of halogens is 1. The van der Waals surface area contributed by atoms with E-state index in [-0.39, 0.29) is 18.0 Å². The minimum Gasteiger partial charge on any atom is -0.344 e. The lowest BCUT2D eigenvalue weighted by Gasteiger charge is -2.43. The Morgan fingerprint density at radius 1 is 0.969 bits per heavy atom. The SMILES string of the molecule is CC(C)c1cccc(C(C)C)c1NC(=O)NCC1(c2ccc(Br)cc2)OCC(C)(C)CO1. The molecule has 6 heteroatoms. The first kappa shape index (κ1) is 24.7. The fourth-order valence-corrected chi connectivity index (χ4v) is 4.10. The molecule has 32 heavy (non-hydrogen) atoms. The summed E-state index contributed by atoms with van der Waals surface area (Å²) in [5.74, 6) is -0.429. The van der Waals surface area contributed by atoms with E-state index in [0.29, 0.717) is 25.0 Å². The number of ether oxygens (including phenoxy) is 2. The smallest absolute Gasteiger partial charge is 0.319 e. The molecule has 1 fully saturated rings. The summed E-state index contributed by atoms with van der Waals surface area (Å²) in [6.07, 6.45) is 0. The van der Waals surface area contributed by atoms with Crippen LogP contribution in [0.4, 0.5) is 10.5 Å². The topological polar surface area (TPSA) is 59.6 Å². The Morgan fingerprint density at radius 3 is 2.00 bits per heavy atom. The van der Waals surface area contributed by atoms with E-state index >= 15 is 0 Å². The number of carbonyl (C=O) groups is 1. The van der Waals surface area contributed by atoms with Gasteiger partial charge < -0.3 is 20.1 Å². The summed E-state index contributed by atoms with van der Waals surface area (Å²) < 4.78 is 13.5. The van der Waals surface area contributed by atoms with Crippen molar-refractivity contribution in [2.75, 3.05) is 25.1 Å². The summed E-state index contributed by atoms with van der Waals surface area (Å²) in [7, 11) is 0. The molecule has 1 aliphatic heterocycles. The van der Waals surface area contributed by atoms with E-state index in [1.807, 2.05) is 24.3 Å². The van der Waals surface area contributed by atoms with Crippen LogP contribution in [0.25, 0.3) is 0 Å². The van der Waals surface area contributed by atoms with Gasteiger partial charge in [0.05, 0.1) is 19.8 Å². The van der Waals surface area contributed by atoms with E-state index in [1.54, 1.807) is 0 Å². The van der Waals surface area contributed by atoms with Gasteiger partial charge in [0, 0.05) is 21.1 Å². The lowest BCUT2D eigenvalue weighted by molar-refractivity contribution is -0.303. The molecule has 5 nitrogen and oxygen atoms in total. The molecule has 174 valence electrons. The maximum atomic E-state index is 13.0. The highest BCUT2D eigenvalue weighted by atomic mass is 79.9. The number of hydrogen-bond acceptors (Lipinski definition) is 3. The lowest BCUT2D eigenvalue weighted by atomic mass is 9.92. The van der Waals surface area contributed by atoms with Crippen molar-refractivity contribution in [2.45, 2.75) is 59.2 Å². The molecule has 0 aliphatic carbocycles. The second-order valence-corrected chi connectivity index (χ2v) is 10.8. The van der Waals surface area contributed by atoms with E-state index in [1.165, 1.54) is 0 Å². The van der Waals surface area contributed by atoms with Gasteiger partial charge in [0.2, 0.25) is 5.79 Å². The summed E-state index contributed by atoms with van der Waals surface area (Å²) in [4.78, 5) is 13.0. The highest BCUT2D eigenvalue weighted by Gasteiger charge is 2.42. The van der Waals surface area contributed by atoms with Crippen LogP contribution in [0.5, 0.6) is 0 Å². The Balaban J connectivity index is 1.80.